The van der Waals surface area contributed by atoms with Gasteiger partial charge in [0, 0.05) is 61.1 Å². The quantitative estimate of drug-likeness (QED) is 0.312. The first kappa shape index (κ1) is 49.0. The van der Waals surface area contributed by atoms with Crippen LogP contribution in [0.4, 0.5) is 0 Å². The van der Waals surface area contributed by atoms with Crippen LogP contribution in [-0.2, 0) is 61.4 Å². The van der Waals surface area contributed by atoms with Crippen LogP contribution in [-0.4, -0.2) is 78.0 Å². The van der Waals surface area contributed by atoms with Crippen LogP contribution in [0.15, 0.2) is 109 Å². The molecule has 0 aliphatic carbocycles. The summed E-state index contributed by atoms with van der Waals surface area (Å²) in [5.74, 6) is 0. The SMILES string of the molecule is CC.CN([C-]=O)[C-]=O.CN([C-]=O)[C-]=O.COC.COC.[Y].c1ccccc1.c1ccccc1.c1ccccc1. The number of ether oxygens (including phenoxy) is 2. The van der Waals surface area contributed by atoms with Gasteiger partial charge in [0.1, 0.15) is 0 Å². The summed E-state index contributed by atoms with van der Waals surface area (Å²) < 4.78 is 8.50. The summed E-state index contributed by atoms with van der Waals surface area (Å²) in [6, 6.07) is 36.0. The van der Waals surface area contributed by atoms with Crippen LogP contribution in [0.5, 0.6) is 0 Å². The van der Waals surface area contributed by atoms with E-state index >= 15 is 0 Å². The summed E-state index contributed by atoms with van der Waals surface area (Å²) in [7, 11) is 9.03. The Hall–Kier alpha value is -3.04. The molecule has 9 heteroatoms. The van der Waals surface area contributed by atoms with Gasteiger partial charge in [-0.05, 0) is 14.1 Å². The summed E-state index contributed by atoms with van der Waals surface area (Å²) in [6.07, 6.45) is 5.10. The maximum Gasteiger partial charge on any atom is 0.0351 e. The minimum Gasteiger partial charge on any atom is -0.639 e. The van der Waals surface area contributed by atoms with Crippen LogP contribution in [0.2, 0.25) is 0 Å². The second-order valence-electron chi connectivity index (χ2n) is 5.76. The Bertz CT molecular complexity index is 579. The van der Waals surface area contributed by atoms with E-state index in [9.17, 15) is 19.2 Å². The molecule has 0 aliphatic heterocycles. The molecule has 0 spiro atoms. The summed E-state index contributed by atoms with van der Waals surface area (Å²) in [6.45, 7) is 4.00. The van der Waals surface area contributed by atoms with E-state index in [0.717, 1.165) is 0 Å². The van der Waals surface area contributed by atoms with Gasteiger partial charge >= 0.3 is 0 Å². The zero-order valence-electron chi connectivity index (χ0n) is 24.3. The van der Waals surface area contributed by atoms with Crippen molar-refractivity contribution in [1.29, 1.82) is 0 Å². The Morgan fingerprint density at radius 3 is 0.487 bits per heavy atom. The summed E-state index contributed by atoms with van der Waals surface area (Å²) >= 11 is 0. The number of imide groups is 2. The third kappa shape index (κ3) is 72.0. The van der Waals surface area contributed by atoms with E-state index in [4.69, 9.17) is 0 Å². The van der Waals surface area contributed by atoms with E-state index in [1.165, 1.54) is 39.7 Å². The molecule has 3 aromatic carbocycles. The van der Waals surface area contributed by atoms with E-state index in [1.807, 2.05) is 123 Å². The van der Waals surface area contributed by atoms with Gasteiger partial charge < -0.3 is 38.5 Å². The maximum atomic E-state index is 9.27. The van der Waals surface area contributed by atoms with E-state index < -0.39 is 0 Å². The molecule has 0 heterocycles. The van der Waals surface area contributed by atoms with Crippen molar-refractivity contribution in [3.63, 3.8) is 0 Å². The van der Waals surface area contributed by atoms with Crippen LogP contribution in [0.1, 0.15) is 13.8 Å². The molecule has 0 saturated heterocycles. The van der Waals surface area contributed by atoms with Crippen molar-refractivity contribution in [2.75, 3.05) is 42.5 Å². The number of amides is 4. The average Bonchev–Trinajstić information content (AvgIpc) is 3.02. The molecule has 0 atom stereocenters. The number of hydrogen-bond donors (Lipinski definition) is 0. The van der Waals surface area contributed by atoms with Gasteiger partial charge in [-0.1, -0.05) is 123 Å². The minimum absolute atomic E-state index is 0. The van der Waals surface area contributed by atoms with E-state index in [2.05, 4.69) is 9.47 Å². The van der Waals surface area contributed by atoms with E-state index in [1.54, 1.807) is 28.4 Å². The fourth-order valence-corrected chi connectivity index (χ4v) is 1.19. The van der Waals surface area contributed by atoms with Crippen LogP contribution in [0, 0.1) is 0 Å². The third-order valence-corrected chi connectivity index (χ3v) is 2.55. The first-order valence-electron chi connectivity index (χ1n) is 11.2. The number of methoxy groups -OCH3 is 2. The summed E-state index contributed by atoms with van der Waals surface area (Å²) in [5, 5.41) is 0. The van der Waals surface area contributed by atoms with Crippen LogP contribution < -0.4 is 0 Å². The zero-order valence-corrected chi connectivity index (χ0v) is 27.2. The van der Waals surface area contributed by atoms with Gasteiger partial charge in [0.05, 0.1) is 0 Å². The topological polar surface area (TPSA) is 93.2 Å². The van der Waals surface area contributed by atoms with Gasteiger partial charge in [-0.25, -0.2) is 0 Å². The number of rotatable bonds is 4. The van der Waals surface area contributed by atoms with Crippen molar-refractivity contribution >= 4 is 25.6 Å². The van der Waals surface area contributed by atoms with Crippen LogP contribution in [0.3, 0.4) is 0 Å². The Balaban J connectivity index is -0.0000000814. The molecule has 0 bridgehead atoms. The minimum atomic E-state index is 0. The summed E-state index contributed by atoms with van der Waals surface area (Å²) in [5.41, 5.74) is 0. The Morgan fingerprint density at radius 2 is 0.462 bits per heavy atom. The molecule has 39 heavy (non-hydrogen) atoms. The van der Waals surface area contributed by atoms with Gasteiger partial charge in [0.15, 0.2) is 0 Å². The maximum absolute atomic E-state index is 9.27. The normalized spacial score (nSPS) is 6.87. The van der Waals surface area contributed by atoms with Gasteiger partial charge in [-0.15, -0.1) is 0 Å². The van der Waals surface area contributed by atoms with Crippen molar-refractivity contribution in [3.05, 3.63) is 109 Å². The molecule has 215 valence electrons. The molecule has 1 radical (unpaired) electrons. The van der Waals surface area contributed by atoms with Crippen molar-refractivity contribution in [3.8, 4) is 0 Å². The monoisotopic (exact) mass is 615 g/mol. The smallest absolute Gasteiger partial charge is 0.0351 e. The third-order valence-electron chi connectivity index (χ3n) is 2.55. The Labute approximate surface area is 261 Å². The van der Waals surface area contributed by atoms with E-state index in [-0.39, 0.29) is 32.7 Å². The molecule has 0 unspecified atom stereocenters. The second kappa shape index (κ2) is 55.5. The van der Waals surface area contributed by atoms with Crippen LogP contribution >= 0.6 is 0 Å². The molecular weight excluding hydrogens is 573 g/mol. The van der Waals surface area contributed by atoms with Crippen LogP contribution in [0.25, 0.3) is 0 Å². The molecule has 0 N–H and O–H groups in total. The zero-order chi connectivity index (χ0) is 30.1. The van der Waals surface area contributed by atoms with Crippen molar-refractivity contribution in [2.24, 2.45) is 0 Å². The predicted octanol–water partition coefficient (Wildman–Crippen LogP) is 4.71. The van der Waals surface area contributed by atoms with Gasteiger partial charge in [0.25, 0.3) is 0 Å². The van der Waals surface area contributed by atoms with Gasteiger partial charge in [-0.2, -0.15) is 25.6 Å². The molecule has 0 saturated carbocycles. The molecular formula is C30H42N2O6Y-4. The van der Waals surface area contributed by atoms with Gasteiger partial charge in [-0.3, -0.25) is 0 Å². The van der Waals surface area contributed by atoms with Crippen molar-refractivity contribution < 1.29 is 61.4 Å². The number of nitrogens with zero attached hydrogens (tertiary/aromatic N) is 2. The average molecular weight is 616 g/mol. The molecule has 0 fully saturated rings. The molecule has 0 aliphatic rings. The predicted molar refractivity (Wildman–Crippen MR) is 155 cm³/mol. The van der Waals surface area contributed by atoms with Crippen molar-refractivity contribution in [1.82, 2.24) is 9.80 Å². The number of carbonyl (C=O) groups excluding carboxylic acids is 4. The summed E-state index contributed by atoms with van der Waals surface area (Å²) in [4.78, 5) is 38.4. The first-order valence-corrected chi connectivity index (χ1v) is 11.2. The largest absolute Gasteiger partial charge is 0.639 e. The molecule has 3 rings (SSSR count). The molecule has 4 amide bonds. The number of hydrogen-bond acceptors (Lipinski definition) is 6. The fraction of sp³-hybridized carbons (Fsp3) is 0.267. The Morgan fingerprint density at radius 1 is 0.385 bits per heavy atom. The number of benzene rings is 3. The van der Waals surface area contributed by atoms with Crippen molar-refractivity contribution in [2.45, 2.75) is 13.8 Å². The fourth-order valence-electron chi connectivity index (χ4n) is 1.19. The van der Waals surface area contributed by atoms with Gasteiger partial charge in [0.2, 0.25) is 0 Å². The standard InChI is InChI=1S/3C6H6.2C3H3NO2.2C2H6O.C2H6.Y/c3*1-2-4-6-5-3-1;2*1-4(2-5)3-6;2*1-3-2;1-2;/h3*1-6H;2*1H3;2*1-2H3;1-2H3;/q;;;2*-2;;;;. The molecule has 8 nitrogen and oxygen atoms in total. The Kier molecular flexibility index (Phi) is 69.7. The first-order chi connectivity index (χ1) is 18.4. The molecule has 3 aromatic rings. The second-order valence-corrected chi connectivity index (χ2v) is 5.76. The van der Waals surface area contributed by atoms with E-state index in [0.29, 0.717) is 9.80 Å². The molecule has 0 aromatic heterocycles.